The van der Waals surface area contributed by atoms with Gasteiger partial charge in [-0.2, -0.15) is 0 Å². The molecule has 1 aliphatic heterocycles. The predicted octanol–water partition coefficient (Wildman–Crippen LogP) is 0.335. The van der Waals surface area contributed by atoms with Crippen molar-refractivity contribution in [3.63, 3.8) is 0 Å². The van der Waals surface area contributed by atoms with Crippen LogP contribution >= 0.6 is 11.3 Å². The number of carbonyl (C=O) groups excluding carboxylic acids is 3. The lowest BCUT2D eigenvalue weighted by Crippen LogP contribution is -2.33. The molecule has 9 nitrogen and oxygen atoms in total. The van der Waals surface area contributed by atoms with Gasteiger partial charge >= 0.3 is 6.03 Å². The fraction of sp³-hybridized carbons (Fsp3) is 0.182. The number of amides is 4. The normalized spacial score (nSPS) is 17.4. The molecule has 0 aliphatic carbocycles. The molecule has 2 aromatic heterocycles. The molecule has 1 saturated heterocycles. The molecule has 0 aromatic carbocycles. The molecular formula is C11H9N5O4S. The van der Waals surface area contributed by atoms with Gasteiger partial charge in [0.1, 0.15) is 6.04 Å². The molecule has 4 amide bonds. The number of furan rings is 1. The Morgan fingerprint density at radius 2 is 2.29 bits per heavy atom. The van der Waals surface area contributed by atoms with Gasteiger partial charge in [0.05, 0.1) is 12.7 Å². The van der Waals surface area contributed by atoms with E-state index in [1.807, 2.05) is 0 Å². The molecule has 2 aromatic rings. The van der Waals surface area contributed by atoms with Gasteiger partial charge in [-0.3, -0.25) is 14.9 Å². The Morgan fingerprint density at radius 3 is 2.95 bits per heavy atom. The first-order valence-corrected chi connectivity index (χ1v) is 6.72. The first kappa shape index (κ1) is 13.2. The molecule has 3 N–H and O–H groups in total. The third-order valence-corrected chi connectivity index (χ3v) is 3.50. The molecule has 0 bridgehead atoms. The van der Waals surface area contributed by atoms with E-state index in [0.29, 0.717) is 10.8 Å². The lowest BCUT2D eigenvalue weighted by molar-refractivity contribution is -0.124. The minimum Gasteiger partial charge on any atom is -0.462 e. The average Bonchev–Trinajstić information content (AvgIpc) is 3.11. The van der Waals surface area contributed by atoms with Crippen molar-refractivity contribution in [1.82, 2.24) is 20.8 Å². The van der Waals surface area contributed by atoms with Gasteiger partial charge in [0.25, 0.3) is 5.91 Å². The summed E-state index contributed by atoms with van der Waals surface area (Å²) in [6, 6.07) is 1.98. The van der Waals surface area contributed by atoms with Crippen LogP contribution in [0.2, 0.25) is 0 Å². The SMILES string of the molecule is O=C(CC1NC(=O)NC1=O)Nc1nnc(-c2ccco2)s1. The van der Waals surface area contributed by atoms with Gasteiger partial charge in [-0.15, -0.1) is 10.2 Å². The van der Waals surface area contributed by atoms with Gasteiger partial charge in [-0.1, -0.05) is 11.3 Å². The second kappa shape index (κ2) is 5.32. The van der Waals surface area contributed by atoms with Gasteiger partial charge in [0.15, 0.2) is 10.8 Å². The molecule has 1 unspecified atom stereocenters. The van der Waals surface area contributed by atoms with Crippen molar-refractivity contribution < 1.29 is 18.8 Å². The van der Waals surface area contributed by atoms with Crippen molar-refractivity contribution >= 4 is 34.3 Å². The summed E-state index contributed by atoms with van der Waals surface area (Å²) in [7, 11) is 0. The van der Waals surface area contributed by atoms with Gasteiger partial charge < -0.3 is 15.1 Å². The summed E-state index contributed by atoms with van der Waals surface area (Å²) in [4.78, 5) is 34.0. The first-order chi connectivity index (χ1) is 10.1. The number of imide groups is 1. The predicted molar refractivity (Wildman–Crippen MR) is 71.3 cm³/mol. The highest BCUT2D eigenvalue weighted by Crippen LogP contribution is 2.26. The molecule has 0 spiro atoms. The van der Waals surface area contributed by atoms with Crippen LogP contribution in [-0.4, -0.2) is 34.1 Å². The number of hydrogen-bond acceptors (Lipinski definition) is 7. The molecular weight excluding hydrogens is 298 g/mol. The molecule has 108 valence electrons. The maximum absolute atomic E-state index is 11.8. The van der Waals surface area contributed by atoms with Crippen LogP contribution in [0.4, 0.5) is 9.93 Å². The van der Waals surface area contributed by atoms with E-state index in [4.69, 9.17) is 4.42 Å². The van der Waals surface area contributed by atoms with Gasteiger partial charge in [0.2, 0.25) is 11.0 Å². The summed E-state index contributed by atoms with van der Waals surface area (Å²) in [5.74, 6) is -0.418. The van der Waals surface area contributed by atoms with E-state index in [1.54, 1.807) is 12.1 Å². The molecule has 3 rings (SSSR count). The van der Waals surface area contributed by atoms with Gasteiger partial charge in [0, 0.05) is 0 Å². The number of aromatic nitrogens is 2. The Hall–Kier alpha value is -2.75. The third kappa shape index (κ3) is 2.89. The van der Waals surface area contributed by atoms with E-state index in [0.717, 1.165) is 11.3 Å². The van der Waals surface area contributed by atoms with E-state index in [1.165, 1.54) is 6.26 Å². The van der Waals surface area contributed by atoms with Crippen LogP contribution in [0.1, 0.15) is 6.42 Å². The summed E-state index contributed by atoms with van der Waals surface area (Å²) in [6.45, 7) is 0. The van der Waals surface area contributed by atoms with Crippen molar-refractivity contribution in [3.05, 3.63) is 18.4 Å². The molecule has 0 saturated carbocycles. The number of anilines is 1. The molecule has 1 atom stereocenters. The van der Waals surface area contributed by atoms with Crippen LogP contribution in [-0.2, 0) is 9.59 Å². The van der Waals surface area contributed by atoms with E-state index in [-0.39, 0.29) is 11.6 Å². The maximum Gasteiger partial charge on any atom is 0.322 e. The van der Waals surface area contributed by atoms with Crippen LogP contribution in [0.25, 0.3) is 10.8 Å². The standard InChI is InChI=1S/C11H9N5O4S/c17-7(4-5-8(18)14-10(19)12-5)13-11-16-15-9(21-11)6-2-1-3-20-6/h1-3,5H,4H2,(H,13,16,17)(H2,12,14,18,19). The zero-order valence-corrected chi connectivity index (χ0v) is 11.3. The molecule has 10 heteroatoms. The lowest BCUT2D eigenvalue weighted by Gasteiger charge is -2.05. The number of nitrogens with zero attached hydrogens (tertiary/aromatic N) is 2. The minimum atomic E-state index is -0.866. The largest absolute Gasteiger partial charge is 0.462 e. The van der Waals surface area contributed by atoms with Crippen molar-refractivity contribution in [3.8, 4) is 10.8 Å². The number of nitrogens with one attached hydrogen (secondary N) is 3. The fourth-order valence-electron chi connectivity index (χ4n) is 1.73. The van der Waals surface area contributed by atoms with Crippen molar-refractivity contribution in [2.45, 2.75) is 12.5 Å². The monoisotopic (exact) mass is 307 g/mol. The Labute approximate surface area is 121 Å². The highest BCUT2D eigenvalue weighted by atomic mass is 32.1. The summed E-state index contributed by atoms with van der Waals surface area (Å²) in [6.07, 6.45) is 1.34. The zero-order valence-electron chi connectivity index (χ0n) is 10.5. The smallest absolute Gasteiger partial charge is 0.322 e. The van der Waals surface area contributed by atoms with Gasteiger partial charge in [-0.25, -0.2) is 4.79 Å². The van der Waals surface area contributed by atoms with E-state index in [2.05, 4.69) is 26.1 Å². The van der Waals surface area contributed by atoms with Crippen molar-refractivity contribution in [2.24, 2.45) is 0 Å². The molecule has 1 aliphatic rings. The zero-order chi connectivity index (χ0) is 14.8. The Bertz CT molecular complexity index is 695. The summed E-state index contributed by atoms with van der Waals surface area (Å²) >= 11 is 1.14. The maximum atomic E-state index is 11.8. The van der Waals surface area contributed by atoms with Crippen molar-refractivity contribution in [2.75, 3.05) is 5.32 Å². The molecule has 1 fully saturated rings. The Balaban J connectivity index is 1.60. The topological polar surface area (TPSA) is 126 Å². The van der Waals surface area contributed by atoms with E-state index >= 15 is 0 Å². The van der Waals surface area contributed by atoms with Crippen LogP contribution in [0.15, 0.2) is 22.8 Å². The molecule has 3 heterocycles. The van der Waals surface area contributed by atoms with Crippen LogP contribution < -0.4 is 16.0 Å². The highest BCUT2D eigenvalue weighted by Gasteiger charge is 2.31. The Morgan fingerprint density at radius 1 is 1.43 bits per heavy atom. The average molecular weight is 307 g/mol. The van der Waals surface area contributed by atoms with Crippen LogP contribution in [0.3, 0.4) is 0 Å². The minimum absolute atomic E-state index is 0.173. The summed E-state index contributed by atoms with van der Waals surface area (Å²) in [5, 5.41) is 15.4. The first-order valence-electron chi connectivity index (χ1n) is 5.90. The quantitative estimate of drug-likeness (QED) is 0.699. The lowest BCUT2D eigenvalue weighted by atomic mass is 10.2. The van der Waals surface area contributed by atoms with E-state index < -0.39 is 23.9 Å². The highest BCUT2D eigenvalue weighted by molar-refractivity contribution is 7.18. The molecule has 21 heavy (non-hydrogen) atoms. The Kier molecular flexibility index (Phi) is 3.36. The number of rotatable bonds is 4. The van der Waals surface area contributed by atoms with Crippen LogP contribution in [0.5, 0.6) is 0 Å². The van der Waals surface area contributed by atoms with Crippen molar-refractivity contribution in [1.29, 1.82) is 0 Å². The number of carbonyl (C=O) groups is 3. The molecule has 0 radical (unpaired) electrons. The second-order valence-electron chi connectivity index (χ2n) is 4.16. The summed E-state index contributed by atoms with van der Waals surface area (Å²) in [5.41, 5.74) is 0. The van der Waals surface area contributed by atoms with Gasteiger partial charge in [-0.05, 0) is 12.1 Å². The number of urea groups is 1. The number of hydrogen-bond donors (Lipinski definition) is 3. The summed E-state index contributed by atoms with van der Waals surface area (Å²) < 4.78 is 5.17. The fourth-order valence-corrected chi connectivity index (χ4v) is 2.46. The third-order valence-electron chi connectivity index (χ3n) is 2.65. The van der Waals surface area contributed by atoms with E-state index in [9.17, 15) is 14.4 Å². The van der Waals surface area contributed by atoms with Crippen LogP contribution in [0, 0.1) is 0 Å². The second-order valence-corrected chi connectivity index (χ2v) is 5.13.